The predicted octanol–water partition coefficient (Wildman–Crippen LogP) is 2.87. The smallest absolute Gasteiger partial charge is 0.137 e. The van der Waals surface area contributed by atoms with Gasteiger partial charge in [0.15, 0.2) is 0 Å². The predicted molar refractivity (Wildman–Crippen MR) is 66.4 cm³/mol. The number of rotatable bonds is 2. The first-order chi connectivity index (χ1) is 7.66. The van der Waals surface area contributed by atoms with Crippen LogP contribution in [0, 0.1) is 11.8 Å². The van der Waals surface area contributed by atoms with Crippen LogP contribution >= 0.6 is 0 Å². The number of nitrogens with zero attached hydrogens (tertiary/aromatic N) is 1. The van der Waals surface area contributed by atoms with E-state index < -0.39 is 0 Å². The van der Waals surface area contributed by atoms with Crippen molar-refractivity contribution in [1.29, 1.82) is 0 Å². The lowest BCUT2D eigenvalue weighted by Gasteiger charge is -2.25. The minimum absolute atomic E-state index is 0.343. The molecule has 1 aliphatic heterocycles. The van der Waals surface area contributed by atoms with E-state index in [1.807, 2.05) is 0 Å². The van der Waals surface area contributed by atoms with Crippen LogP contribution in [0.5, 0.6) is 0 Å². The Kier molecular flexibility index (Phi) is 4.01. The number of hydrogen-bond acceptors (Lipinski definition) is 2. The Bertz CT molecular complexity index is 251. The molecule has 0 bridgehead atoms. The molecule has 0 aromatic heterocycles. The first kappa shape index (κ1) is 12.1. The minimum Gasteiger partial charge on any atom is -0.300 e. The van der Waals surface area contributed by atoms with Crippen molar-refractivity contribution in [1.82, 2.24) is 4.90 Å². The molecule has 0 aromatic rings. The molecule has 0 aromatic carbocycles. The highest BCUT2D eigenvalue weighted by atomic mass is 16.1. The fraction of sp³-hybridized carbons (Fsp3) is 0.929. The highest BCUT2D eigenvalue weighted by molar-refractivity contribution is 5.81. The molecule has 2 nitrogen and oxygen atoms in total. The normalized spacial score (nSPS) is 37.6. The molecule has 0 spiro atoms. The third-order valence-corrected chi connectivity index (χ3v) is 4.30. The average molecular weight is 223 g/mol. The maximum atomic E-state index is 12.0. The van der Waals surface area contributed by atoms with E-state index in [1.165, 1.54) is 25.8 Å². The summed E-state index contributed by atoms with van der Waals surface area (Å²) in [4.78, 5) is 14.5. The first-order valence-corrected chi connectivity index (χ1v) is 6.93. The molecule has 3 atom stereocenters. The number of likely N-dealkylation sites (tertiary alicyclic amines) is 1. The standard InChI is InChI=1S/C14H25NO/c1-11-8-12(2)15(9-11)10-13-6-4-3-5-7-14(13)16/h11-13H,3-10H2,1-2H3. The number of carbonyl (C=O) groups is 1. The van der Waals surface area contributed by atoms with E-state index in [0.717, 1.165) is 31.7 Å². The number of hydrogen-bond donors (Lipinski definition) is 0. The second-order valence-corrected chi connectivity index (χ2v) is 5.91. The van der Waals surface area contributed by atoms with Crippen LogP contribution in [0.25, 0.3) is 0 Å². The maximum Gasteiger partial charge on any atom is 0.137 e. The molecule has 1 saturated carbocycles. The molecule has 2 fully saturated rings. The molecule has 0 amide bonds. The van der Waals surface area contributed by atoms with E-state index in [0.29, 0.717) is 17.7 Å². The van der Waals surface area contributed by atoms with Crippen molar-refractivity contribution in [2.24, 2.45) is 11.8 Å². The van der Waals surface area contributed by atoms with E-state index in [-0.39, 0.29) is 0 Å². The molecule has 0 radical (unpaired) electrons. The van der Waals surface area contributed by atoms with Gasteiger partial charge in [-0.1, -0.05) is 19.8 Å². The Hall–Kier alpha value is -0.370. The Morgan fingerprint density at radius 3 is 2.75 bits per heavy atom. The highest BCUT2D eigenvalue weighted by Crippen LogP contribution is 2.27. The van der Waals surface area contributed by atoms with E-state index >= 15 is 0 Å². The molecule has 16 heavy (non-hydrogen) atoms. The van der Waals surface area contributed by atoms with Gasteiger partial charge in [-0.15, -0.1) is 0 Å². The van der Waals surface area contributed by atoms with Crippen LogP contribution in [0.2, 0.25) is 0 Å². The number of carbonyl (C=O) groups excluding carboxylic acids is 1. The lowest BCUT2D eigenvalue weighted by Crippen LogP contribution is -2.35. The summed E-state index contributed by atoms with van der Waals surface area (Å²) in [5.41, 5.74) is 0. The monoisotopic (exact) mass is 223 g/mol. The molecular formula is C14H25NO. The first-order valence-electron chi connectivity index (χ1n) is 6.93. The van der Waals surface area contributed by atoms with Crippen molar-refractivity contribution < 1.29 is 4.79 Å². The number of ketones is 1. The summed E-state index contributed by atoms with van der Waals surface area (Å²) in [7, 11) is 0. The molecule has 1 heterocycles. The van der Waals surface area contributed by atoms with Crippen molar-refractivity contribution >= 4 is 5.78 Å². The molecule has 2 aliphatic rings. The van der Waals surface area contributed by atoms with E-state index in [2.05, 4.69) is 18.7 Å². The minimum atomic E-state index is 0.343. The van der Waals surface area contributed by atoms with Crippen molar-refractivity contribution in [3.8, 4) is 0 Å². The fourth-order valence-electron chi connectivity index (χ4n) is 3.35. The van der Waals surface area contributed by atoms with Crippen LogP contribution in [0.15, 0.2) is 0 Å². The van der Waals surface area contributed by atoms with Gasteiger partial charge in [-0.05, 0) is 32.1 Å². The van der Waals surface area contributed by atoms with Gasteiger partial charge >= 0.3 is 0 Å². The second-order valence-electron chi connectivity index (χ2n) is 5.91. The van der Waals surface area contributed by atoms with E-state index in [9.17, 15) is 4.79 Å². The highest BCUT2D eigenvalue weighted by Gasteiger charge is 2.30. The van der Waals surface area contributed by atoms with Gasteiger partial charge in [0.2, 0.25) is 0 Å². The second kappa shape index (κ2) is 5.31. The Morgan fingerprint density at radius 2 is 2.06 bits per heavy atom. The SMILES string of the molecule is CC1CC(C)N(CC2CCCCCC2=O)C1. The fourth-order valence-corrected chi connectivity index (χ4v) is 3.35. The summed E-state index contributed by atoms with van der Waals surface area (Å²) in [6, 6.07) is 0.686. The lowest BCUT2D eigenvalue weighted by atomic mass is 9.98. The van der Waals surface area contributed by atoms with Crippen LogP contribution in [-0.2, 0) is 4.79 Å². The summed E-state index contributed by atoms with van der Waals surface area (Å²) in [6.07, 6.45) is 6.92. The summed E-state index contributed by atoms with van der Waals surface area (Å²) in [5.74, 6) is 1.69. The third kappa shape index (κ3) is 2.85. The molecule has 3 unspecified atom stereocenters. The lowest BCUT2D eigenvalue weighted by molar-refractivity contribution is -0.123. The summed E-state index contributed by atoms with van der Waals surface area (Å²) in [6.45, 7) is 6.87. The van der Waals surface area contributed by atoms with Gasteiger partial charge in [0.05, 0.1) is 0 Å². The Balaban J connectivity index is 1.90. The van der Waals surface area contributed by atoms with Crippen LogP contribution in [0.3, 0.4) is 0 Å². The Morgan fingerprint density at radius 1 is 1.25 bits per heavy atom. The number of Topliss-reactive ketones (excluding diaryl/α,β-unsaturated/α-hetero) is 1. The topological polar surface area (TPSA) is 20.3 Å². The van der Waals surface area contributed by atoms with Gasteiger partial charge in [-0.2, -0.15) is 0 Å². The molecule has 2 rings (SSSR count). The Labute approximate surface area is 99.4 Å². The quantitative estimate of drug-likeness (QED) is 0.671. The van der Waals surface area contributed by atoms with Crippen LogP contribution < -0.4 is 0 Å². The van der Waals surface area contributed by atoms with Gasteiger partial charge in [-0.3, -0.25) is 9.69 Å². The van der Waals surface area contributed by atoms with Crippen LogP contribution in [-0.4, -0.2) is 29.8 Å². The van der Waals surface area contributed by atoms with Crippen molar-refractivity contribution in [3.05, 3.63) is 0 Å². The maximum absolute atomic E-state index is 12.0. The van der Waals surface area contributed by atoms with Gasteiger partial charge in [-0.25, -0.2) is 0 Å². The zero-order chi connectivity index (χ0) is 11.5. The summed E-state index contributed by atoms with van der Waals surface area (Å²) in [5, 5.41) is 0. The zero-order valence-electron chi connectivity index (χ0n) is 10.7. The van der Waals surface area contributed by atoms with Crippen molar-refractivity contribution in [2.45, 2.75) is 58.4 Å². The molecule has 2 heteroatoms. The molecular weight excluding hydrogens is 198 g/mol. The van der Waals surface area contributed by atoms with Crippen LogP contribution in [0.1, 0.15) is 52.4 Å². The van der Waals surface area contributed by atoms with E-state index in [4.69, 9.17) is 0 Å². The summed E-state index contributed by atoms with van der Waals surface area (Å²) >= 11 is 0. The van der Waals surface area contributed by atoms with Crippen LogP contribution in [0.4, 0.5) is 0 Å². The van der Waals surface area contributed by atoms with Crippen molar-refractivity contribution in [2.75, 3.05) is 13.1 Å². The van der Waals surface area contributed by atoms with Crippen molar-refractivity contribution in [3.63, 3.8) is 0 Å². The molecule has 92 valence electrons. The average Bonchev–Trinajstić information content (AvgIpc) is 2.43. The zero-order valence-corrected chi connectivity index (χ0v) is 10.7. The van der Waals surface area contributed by atoms with E-state index in [1.54, 1.807) is 0 Å². The largest absolute Gasteiger partial charge is 0.300 e. The summed E-state index contributed by atoms with van der Waals surface area (Å²) < 4.78 is 0. The van der Waals surface area contributed by atoms with Gasteiger partial charge < -0.3 is 0 Å². The molecule has 0 N–H and O–H groups in total. The van der Waals surface area contributed by atoms with Gasteiger partial charge in [0.25, 0.3) is 0 Å². The molecule has 1 saturated heterocycles. The van der Waals surface area contributed by atoms with Gasteiger partial charge in [0.1, 0.15) is 5.78 Å². The molecule has 1 aliphatic carbocycles. The third-order valence-electron chi connectivity index (χ3n) is 4.30. The van der Waals surface area contributed by atoms with Gasteiger partial charge in [0, 0.05) is 31.5 Å².